The van der Waals surface area contributed by atoms with Crippen molar-refractivity contribution < 1.29 is 13.2 Å². The Morgan fingerprint density at radius 3 is 2.33 bits per heavy atom. The highest BCUT2D eigenvalue weighted by Crippen LogP contribution is 2.33. The van der Waals surface area contributed by atoms with Crippen LogP contribution >= 0.6 is 23.2 Å². The number of aromatic nitrogens is 1. The van der Waals surface area contributed by atoms with Crippen LogP contribution in [0, 0.1) is 0 Å². The Morgan fingerprint density at radius 2 is 1.71 bits per heavy atom. The van der Waals surface area contributed by atoms with E-state index in [9.17, 15) is 13.2 Å². The molecule has 0 amide bonds. The van der Waals surface area contributed by atoms with Gasteiger partial charge in [-0.25, -0.2) is 10.8 Å². The highest BCUT2D eigenvalue weighted by Gasteiger charge is 2.30. The summed E-state index contributed by atoms with van der Waals surface area (Å²) < 4.78 is 37.9. The molecule has 0 fully saturated rings. The van der Waals surface area contributed by atoms with Crippen LogP contribution in [0.3, 0.4) is 0 Å². The maximum atomic E-state index is 12.6. The second-order valence-corrected chi connectivity index (χ2v) is 4.81. The molecule has 1 aromatic carbocycles. The lowest BCUT2D eigenvalue weighted by Gasteiger charge is -2.12. The van der Waals surface area contributed by atoms with Gasteiger partial charge in [0.2, 0.25) is 0 Å². The Labute approximate surface area is 128 Å². The predicted molar refractivity (Wildman–Crippen MR) is 76.8 cm³/mol. The molecule has 0 bridgehead atoms. The summed E-state index contributed by atoms with van der Waals surface area (Å²) in [6.07, 6.45) is -4.43. The van der Waals surface area contributed by atoms with Gasteiger partial charge in [0.25, 0.3) is 0 Å². The van der Waals surface area contributed by atoms with Crippen molar-refractivity contribution in [2.24, 2.45) is 5.84 Å². The zero-order valence-corrected chi connectivity index (χ0v) is 11.8. The molecule has 0 aliphatic carbocycles. The number of hydrazine groups is 1. The number of pyridine rings is 1. The first-order chi connectivity index (χ1) is 9.81. The maximum Gasteiger partial charge on any atom is 0.416 e. The van der Waals surface area contributed by atoms with Crippen molar-refractivity contribution in [2.45, 2.75) is 6.18 Å². The minimum Gasteiger partial charge on any atom is -0.339 e. The third kappa shape index (κ3) is 3.69. The number of benzene rings is 1. The predicted octanol–water partition coefficient (Wildman–Crippen LogP) is 4.44. The number of anilines is 3. The molecule has 0 aliphatic heterocycles. The highest BCUT2D eigenvalue weighted by molar-refractivity contribution is 6.37. The quantitative estimate of drug-likeness (QED) is 0.572. The number of nitrogen functional groups attached to an aromatic ring is 1. The van der Waals surface area contributed by atoms with Gasteiger partial charge in [0.05, 0.1) is 15.6 Å². The van der Waals surface area contributed by atoms with Crippen LogP contribution in [0.25, 0.3) is 0 Å². The Kier molecular flexibility index (Phi) is 4.46. The Hall–Kier alpha value is -1.70. The number of nitrogens with zero attached hydrogens (tertiary/aromatic N) is 1. The topological polar surface area (TPSA) is 63.0 Å². The van der Waals surface area contributed by atoms with Gasteiger partial charge in [-0.05, 0) is 24.3 Å². The van der Waals surface area contributed by atoms with Crippen LogP contribution in [0.1, 0.15) is 5.56 Å². The van der Waals surface area contributed by atoms with Crippen LogP contribution in [-0.4, -0.2) is 4.98 Å². The van der Waals surface area contributed by atoms with Crippen LogP contribution in [0.4, 0.5) is 30.5 Å². The molecular weight excluding hydrogens is 328 g/mol. The first-order valence-electron chi connectivity index (χ1n) is 5.58. The number of alkyl halides is 3. The third-order valence-corrected chi connectivity index (χ3v) is 3.10. The van der Waals surface area contributed by atoms with E-state index in [1.54, 1.807) is 0 Å². The van der Waals surface area contributed by atoms with Crippen LogP contribution < -0.4 is 16.6 Å². The lowest BCUT2D eigenvalue weighted by molar-refractivity contribution is -0.137. The number of hydrogen-bond donors (Lipinski definition) is 3. The molecule has 0 saturated heterocycles. The van der Waals surface area contributed by atoms with Crippen LogP contribution in [0.2, 0.25) is 10.0 Å². The minimum absolute atomic E-state index is 0.133. The molecule has 4 nitrogen and oxygen atoms in total. The Balaban J connectivity index is 2.34. The van der Waals surface area contributed by atoms with Gasteiger partial charge in [0, 0.05) is 5.69 Å². The fourth-order valence-corrected chi connectivity index (χ4v) is 2.03. The molecular formula is C12H9Cl2F3N4. The largest absolute Gasteiger partial charge is 0.416 e. The first kappa shape index (κ1) is 15.7. The van der Waals surface area contributed by atoms with E-state index in [0.717, 1.165) is 12.1 Å². The lowest BCUT2D eigenvalue weighted by Crippen LogP contribution is -2.10. The molecule has 1 aromatic heterocycles. The van der Waals surface area contributed by atoms with E-state index in [-0.39, 0.29) is 27.4 Å². The van der Waals surface area contributed by atoms with Gasteiger partial charge >= 0.3 is 6.18 Å². The molecule has 112 valence electrons. The van der Waals surface area contributed by atoms with Crippen LogP contribution in [-0.2, 0) is 6.18 Å². The normalized spacial score (nSPS) is 11.3. The molecule has 0 unspecified atom stereocenters. The number of hydrogen-bond acceptors (Lipinski definition) is 4. The number of rotatable bonds is 3. The average molecular weight is 337 g/mol. The summed E-state index contributed by atoms with van der Waals surface area (Å²) in [4.78, 5) is 3.99. The zero-order valence-electron chi connectivity index (χ0n) is 10.3. The average Bonchev–Trinajstić information content (AvgIpc) is 2.41. The monoisotopic (exact) mass is 336 g/mol. The molecule has 2 rings (SSSR count). The summed E-state index contributed by atoms with van der Waals surface area (Å²) in [7, 11) is 0. The third-order valence-electron chi connectivity index (χ3n) is 2.52. The molecule has 9 heteroatoms. The lowest BCUT2D eigenvalue weighted by atomic mass is 10.2. The van der Waals surface area contributed by atoms with E-state index in [2.05, 4.69) is 15.7 Å². The van der Waals surface area contributed by atoms with Gasteiger partial charge in [-0.1, -0.05) is 29.3 Å². The van der Waals surface area contributed by atoms with Gasteiger partial charge in [-0.3, -0.25) is 0 Å². The van der Waals surface area contributed by atoms with Gasteiger partial charge in [0.15, 0.2) is 11.6 Å². The molecule has 1 heterocycles. The van der Waals surface area contributed by atoms with E-state index in [1.807, 2.05) is 0 Å². The fraction of sp³-hybridized carbons (Fsp3) is 0.0833. The molecule has 0 saturated carbocycles. The standard InChI is InChI=1S/C12H9Cl2F3N4/c13-8-5-9(14)11(21-18)20-10(8)19-7-3-1-2-6(4-7)12(15,16)17/h1-5H,18H2,(H2,19,20,21). The summed E-state index contributed by atoms with van der Waals surface area (Å²) in [5.41, 5.74) is 1.66. The second kappa shape index (κ2) is 5.97. The van der Waals surface area contributed by atoms with E-state index in [4.69, 9.17) is 29.0 Å². The summed E-state index contributed by atoms with van der Waals surface area (Å²) in [5.74, 6) is 5.51. The van der Waals surface area contributed by atoms with Crippen molar-refractivity contribution >= 4 is 40.5 Å². The number of halogens is 5. The molecule has 21 heavy (non-hydrogen) atoms. The van der Waals surface area contributed by atoms with Crippen molar-refractivity contribution in [3.05, 3.63) is 45.9 Å². The van der Waals surface area contributed by atoms with Crippen molar-refractivity contribution in [1.29, 1.82) is 0 Å². The number of nitrogens with two attached hydrogens (primary N) is 1. The van der Waals surface area contributed by atoms with Crippen molar-refractivity contribution in [2.75, 3.05) is 10.7 Å². The molecule has 0 atom stereocenters. The molecule has 4 N–H and O–H groups in total. The molecule has 0 aliphatic rings. The van der Waals surface area contributed by atoms with Crippen LogP contribution in [0.5, 0.6) is 0 Å². The summed E-state index contributed by atoms with van der Waals surface area (Å²) in [6, 6.07) is 6.02. The van der Waals surface area contributed by atoms with Gasteiger partial charge in [-0.2, -0.15) is 13.2 Å². The van der Waals surface area contributed by atoms with Crippen LogP contribution in [0.15, 0.2) is 30.3 Å². The van der Waals surface area contributed by atoms with Crippen molar-refractivity contribution in [3.63, 3.8) is 0 Å². The summed E-state index contributed by atoms with van der Waals surface area (Å²) in [6.45, 7) is 0. The molecule has 0 radical (unpaired) electrons. The smallest absolute Gasteiger partial charge is 0.339 e. The van der Waals surface area contributed by atoms with Crippen molar-refractivity contribution in [1.82, 2.24) is 4.98 Å². The van der Waals surface area contributed by atoms with Crippen molar-refractivity contribution in [3.8, 4) is 0 Å². The fourth-order valence-electron chi connectivity index (χ4n) is 1.57. The SMILES string of the molecule is NNc1nc(Nc2cccc(C(F)(F)F)c2)c(Cl)cc1Cl. The summed E-state index contributed by atoms with van der Waals surface area (Å²) in [5, 5.41) is 3.03. The van der Waals surface area contributed by atoms with E-state index in [1.165, 1.54) is 18.2 Å². The number of nitrogens with one attached hydrogen (secondary N) is 2. The maximum absolute atomic E-state index is 12.6. The van der Waals surface area contributed by atoms with Gasteiger partial charge in [-0.15, -0.1) is 0 Å². The summed E-state index contributed by atoms with van der Waals surface area (Å²) >= 11 is 11.8. The van der Waals surface area contributed by atoms with Gasteiger partial charge in [0.1, 0.15) is 0 Å². The van der Waals surface area contributed by atoms with Gasteiger partial charge < -0.3 is 10.7 Å². The molecule has 0 spiro atoms. The highest BCUT2D eigenvalue weighted by atomic mass is 35.5. The van der Waals surface area contributed by atoms with E-state index < -0.39 is 11.7 Å². The zero-order chi connectivity index (χ0) is 15.6. The second-order valence-electron chi connectivity index (χ2n) is 4.00. The minimum atomic E-state index is -4.43. The first-order valence-corrected chi connectivity index (χ1v) is 6.34. The Bertz CT molecular complexity index is 661. The van der Waals surface area contributed by atoms with E-state index >= 15 is 0 Å². The van der Waals surface area contributed by atoms with E-state index in [0.29, 0.717) is 0 Å². The Morgan fingerprint density at radius 1 is 1.05 bits per heavy atom. The molecule has 2 aromatic rings.